The molecule has 0 amide bonds. The number of hydrogen-bond acceptors (Lipinski definition) is 0. The molecule has 0 radical (unpaired) electrons. The van der Waals surface area contributed by atoms with Crippen LogP contribution in [0, 0.1) is 6.92 Å². The van der Waals surface area contributed by atoms with Crippen molar-refractivity contribution < 1.29 is 0 Å². The zero-order valence-corrected chi connectivity index (χ0v) is 8.05. The Bertz CT molecular complexity index is 251. The molecule has 1 rings (SSSR count). The maximum Gasteiger partial charge on any atom is 0.0133 e. The fourth-order valence-corrected chi connectivity index (χ4v) is 1.48. The molecule has 0 aromatic heterocycles. The molecule has 1 heteroatoms. The maximum absolute atomic E-state index is 3.87. The van der Waals surface area contributed by atoms with Gasteiger partial charge in [-0.2, -0.15) is 0 Å². The summed E-state index contributed by atoms with van der Waals surface area (Å²) >= 11 is 2.24. The Labute approximate surface area is 75.1 Å². The largest absolute Gasteiger partial charge is 0.0850 e. The van der Waals surface area contributed by atoms with Crippen LogP contribution in [0.2, 0.25) is 0 Å². The molecule has 0 fully saturated rings. The fourth-order valence-electron chi connectivity index (χ4n) is 0.877. The van der Waals surface area contributed by atoms with Crippen LogP contribution in [-0.2, 0) is 0 Å². The maximum atomic E-state index is 3.87. The van der Waals surface area contributed by atoms with Crippen LogP contribution >= 0.6 is 22.6 Å². The van der Waals surface area contributed by atoms with Crippen molar-refractivity contribution in [3.8, 4) is 0 Å². The highest BCUT2D eigenvalue weighted by Gasteiger charge is 1.95. The van der Waals surface area contributed by atoms with Gasteiger partial charge in [0.15, 0.2) is 0 Å². The Balaban J connectivity index is 3.15. The topological polar surface area (TPSA) is 0 Å². The van der Waals surface area contributed by atoms with Crippen LogP contribution in [0.5, 0.6) is 0 Å². The molecule has 0 spiro atoms. The van der Waals surface area contributed by atoms with Crippen LogP contribution in [0.1, 0.15) is 11.1 Å². The molecule has 0 aliphatic carbocycles. The Morgan fingerprint density at radius 1 is 1.40 bits per heavy atom. The smallest absolute Gasteiger partial charge is 0.0133 e. The van der Waals surface area contributed by atoms with Crippen LogP contribution in [0.4, 0.5) is 0 Å². The summed E-state index contributed by atoms with van der Waals surface area (Å²) in [6.45, 7) is 5.97. The lowest BCUT2D eigenvalue weighted by Gasteiger charge is -2.00. The summed E-state index contributed by atoms with van der Waals surface area (Å²) in [5, 5.41) is 0. The minimum Gasteiger partial charge on any atom is -0.0850 e. The van der Waals surface area contributed by atoms with Gasteiger partial charge in [-0.15, -0.1) is 0 Å². The molecular formula is C9H9I. The summed E-state index contributed by atoms with van der Waals surface area (Å²) in [7, 11) is 0. The molecule has 0 saturated carbocycles. The molecule has 0 N–H and O–H groups in total. The van der Waals surface area contributed by atoms with Crippen LogP contribution in [0.3, 0.4) is 0 Å². The Morgan fingerprint density at radius 2 is 2.00 bits per heavy atom. The highest BCUT2D eigenvalue weighted by molar-refractivity contribution is 14.1. The zero-order valence-electron chi connectivity index (χ0n) is 5.89. The van der Waals surface area contributed by atoms with E-state index in [2.05, 4.69) is 48.2 Å². The van der Waals surface area contributed by atoms with Crippen LogP contribution in [0.15, 0.2) is 30.8 Å². The standard InChI is InChI=1S/C9H9I/c1-7-5-3-4-6-9(7)8(2)10/h3-6H,2H2,1H3. The van der Waals surface area contributed by atoms with E-state index in [0.29, 0.717) is 0 Å². The van der Waals surface area contributed by atoms with E-state index in [1.54, 1.807) is 0 Å². The average Bonchev–Trinajstić information content (AvgIpc) is 1.88. The van der Waals surface area contributed by atoms with Crippen molar-refractivity contribution in [3.63, 3.8) is 0 Å². The van der Waals surface area contributed by atoms with Crippen molar-refractivity contribution in [2.75, 3.05) is 0 Å². The van der Waals surface area contributed by atoms with E-state index >= 15 is 0 Å². The molecule has 0 nitrogen and oxygen atoms in total. The molecule has 0 aliphatic heterocycles. The van der Waals surface area contributed by atoms with E-state index in [1.165, 1.54) is 11.1 Å². The van der Waals surface area contributed by atoms with Crippen LogP contribution < -0.4 is 0 Å². The van der Waals surface area contributed by atoms with Gasteiger partial charge in [0.2, 0.25) is 0 Å². The molecule has 0 saturated heterocycles. The summed E-state index contributed by atoms with van der Waals surface area (Å²) < 4.78 is 1.11. The molecule has 0 aliphatic rings. The van der Waals surface area contributed by atoms with Crippen molar-refractivity contribution in [2.45, 2.75) is 6.92 Å². The van der Waals surface area contributed by atoms with Gasteiger partial charge in [-0.1, -0.05) is 30.8 Å². The van der Waals surface area contributed by atoms with Gasteiger partial charge in [0, 0.05) is 3.58 Å². The predicted octanol–water partition coefficient (Wildman–Crippen LogP) is 3.40. The lowest BCUT2D eigenvalue weighted by Crippen LogP contribution is -1.79. The van der Waals surface area contributed by atoms with Crippen molar-refractivity contribution in [2.24, 2.45) is 0 Å². The van der Waals surface area contributed by atoms with E-state index in [-0.39, 0.29) is 0 Å². The first-order chi connectivity index (χ1) is 4.72. The van der Waals surface area contributed by atoms with Gasteiger partial charge in [-0.3, -0.25) is 0 Å². The molecule has 0 unspecified atom stereocenters. The molecule has 52 valence electrons. The summed E-state index contributed by atoms with van der Waals surface area (Å²) in [6.07, 6.45) is 0. The van der Waals surface area contributed by atoms with Crippen molar-refractivity contribution in [3.05, 3.63) is 42.0 Å². The fraction of sp³-hybridized carbons (Fsp3) is 0.111. The minimum atomic E-state index is 1.11. The molecule has 1 aromatic rings. The first kappa shape index (κ1) is 7.79. The second-order valence-corrected chi connectivity index (χ2v) is 3.52. The van der Waals surface area contributed by atoms with Gasteiger partial charge >= 0.3 is 0 Å². The van der Waals surface area contributed by atoms with Crippen molar-refractivity contribution in [1.82, 2.24) is 0 Å². The van der Waals surface area contributed by atoms with Gasteiger partial charge in [-0.25, -0.2) is 0 Å². The number of aryl methyl sites for hydroxylation is 1. The molecule has 10 heavy (non-hydrogen) atoms. The first-order valence-electron chi connectivity index (χ1n) is 3.12. The highest BCUT2D eigenvalue weighted by atomic mass is 127. The molecule has 0 atom stereocenters. The second-order valence-electron chi connectivity index (χ2n) is 2.22. The molecular weight excluding hydrogens is 235 g/mol. The summed E-state index contributed by atoms with van der Waals surface area (Å²) in [4.78, 5) is 0. The SMILES string of the molecule is C=C(I)c1ccccc1C. The first-order valence-corrected chi connectivity index (χ1v) is 4.20. The third kappa shape index (κ3) is 1.59. The number of hydrogen-bond donors (Lipinski definition) is 0. The second kappa shape index (κ2) is 3.19. The highest BCUT2D eigenvalue weighted by Crippen LogP contribution is 2.21. The Hall–Kier alpha value is -0.310. The van der Waals surface area contributed by atoms with Crippen LogP contribution in [0.25, 0.3) is 3.58 Å². The summed E-state index contributed by atoms with van der Waals surface area (Å²) in [5.41, 5.74) is 2.55. The van der Waals surface area contributed by atoms with E-state index in [1.807, 2.05) is 12.1 Å². The number of halogens is 1. The van der Waals surface area contributed by atoms with Gasteiger partial charge in [0.05, 0.1) is 0 Å². The van der Waals surface area contributed by atoms with Gasteiger partial charge < -0.3 is 0 Å². The minimum absolute atomic E-state index is 1.11. The Kier molecular flexibility index (Phi) is 2.49. The molecule has 1 aromatic carbocycles. The van der Waals surface area contributed by atoms with Crippen molar-refractivity contribution in [1.29, 1.82) is 0 Å². The summed E-state index contributed by atoms with van der Waals surface area (Å²) in [6, 6.07) is 8.26. The zero-order chi connectivity index (χ0) is 7.56. The van der Waals surface area contributed by atoms with Crippen molar-refractivity contribution >= 4 is 26.2 Å². The number of benzene rings is 1. The van der Waals surface area contributed by atoms with E-state index in [9.17, 15) is 0 Å². The third-order valence-electron chi connectivity index (χ3n) is 1.44. The quantitative estimate of drug-likeness (QED) is 0.664. The lowest BCUT2D eigenvalue weighted by atomic mass is 10.1. The van der Waals surface area contributed by atoms with Gasteiger partial charge in [-0.05, 0) is 40.6 Å². The monoisotopic (exact) mass is 244 g/mol. The van der Waals surface area contributed by atoms with E-state index in [0.717, 1.165) is 3.58 Å². The van der Waals surface area contributed by atoms with E-state index in [4.69, 9.17) is 0 Å². The van der Waals surface area contributed by atoms with Gasteiger partial charge in [0.25, 0.3) is 0 Å². The summed E-state index contributed by atoms with van der Waals surface area (Å²) in [5.74, 6) is 0. The third-order valence-corrected chi connectivity index (χ3v) is 2.02. The van der Waals surface area contributed by atoms with Gasteiger partial charge in [0.1, 0.15) is 0 Å². The predicted molar refractivity (Wildman–Crippen MR) is 54.2 cm³/mol. The normalized spacial score (nSPS) is 9.40. The lowest BCUT2D eigenvalue weighted by molar-refractivity contribution is 1.44. The molecule has 0 heterocycles. The molecule has 0 bridgehead atoms. The van der Waals surface area contributed by atoms with Crippen LogP contribution in [-0.4, -0.2) is 0 Å². The van der Waals surface area contributed by atoms with E-state index < -0.39 is 0 Å². The number of rotatable bonds is 1. The Morgan fingerprint density at radius 3 is 2.40 bits per heavy atom. The average molecular weight is 244 g/mol.